The van der Waals surface area contributed by atoms with Gasteiger partial charge in [0.25, 0.3) is 0 Å². The molecule has 34 heavy (non-hydrogen) atoms. The highest BCUT2D eigenvalue weighted by Gasteiger charge is 2.23. The molecule has 1 saturated heterocycles. The van der Waals surface area contributed by atoms with Crippen molar-refractivity contribution in [2.24, 2.45) is 0 Å². The zero-order valence-electron chi connectivity index (χ0n) is 19.0. The Morgan fingerprint density at radius 2 is 1.79 bits per heavy atom. The van der Waals surface area contributed by atoms with E-state index in [-0.39, 0.29) is 11.6 Å². The Morgan fingerprint density at radius 1 is 1.06 bits per heavy atom. The van der Waals surface area contributed by atoms with Gasteiger partial charge >= 0.3 is 5.97 Å². The van der Waals surface area contributed by atoms with Crippen LogP contribution >= 0.6 is 15.9 Å². The molecule has 1 aliphatic heterocycles. The number of nitrogens with zero attached hydrogens (tertiary/aromatic N) is 4. The van der Waals surface area contributed by atoms with Crippen LogP contribution in [0.4, 0.5) is 5.69 Å². The Balaban J connectivity index is 1.71. The number of carboxylic acid groups (broad SMARTS) is 1. The molecule has 4 aromatic rings. The molecule has 0 atom stereocenters. The van der Waals surface area contributed by atoms with E-state index in [4.69, 9.17) is 9.84 Å². The number of benzene rings is 2. The molecular formula is C26H25BrN4O3. The Hall–Kier alpha value is -3.23. The van der Waals surface area contributed by atoms with Crippen LogP contribution in [-0.2, 0) is 4.74 Å². The van der Waals surface area contributed by atoms with Crippen molar-refractivity contribution in [3.63, 3.8) is 0 Å². The average molecular weight is 521 g/mol. The topological polar surface area (TPSA) is 80.5 Å². The normalized spacial score (nSPS) is 14.2. The molecule has 1 aliphatic rings. The Kier molecular flexibility index (Phi) is 6.10. The van der Waals surface area contributed by atoms with E-state index in [2.05, 4.69) is 51.8 Å². The number of carbonyl (C=O) groups is 1. The van der Waals surface area contributed by atoms with Crippen molar-refractivity contribution in [2.45, 2.75) is 19.8 Å². The van der Waals surface area contributed by atoms with Crippen molar-refractivity contribution in [2.75, 3.05) is 31.2 Å². The number of aromatic nitrogens is 3. The molecule has 0 amide bonds. The van der Waals surface area contributed by atoms with Gasteiger partial charge in [-0.3, -0.25) is 0 Å². The van der Waals surface area contributed by atoms with E-state index in [9.17, 15) is 9.90 Å². The molecule has 3 heterocycles. The summed E-state index contributed by atoms with van der Waals surface area (Å²) < 4.78 is 8.12. The third-order valence-corrected chi connectivity index (χ3v) is 6.53. The van der Waals surface area contributed by atoms with E-state index in [0.29, 0.717) is 5.65 Å². The molecule has 7 nitrogen and oxygen atoms in total. The summed E-state index contributed by atoms with van der Waals surface area (Å²) >= 11 is 3.52. The van der Waals surface area contributed by atoms with E-state index < -0.39 is 5.97 Å². The smallest absolute Gasteiger partial charge is 0.354 e. The lowest BCUT2D eigenvalue weighted by molar-refractivity contribution is 0.0691. The number of hydrogen-bond acceptors (Lipinski definition) is 5. The fourth-order valence-electron chi connectivity index (χ4n) is 4.35. The standard InChI is InChI=1S/C26H25BrN4O3/c1-16(2)24-23-21(17-6-8-19(9-7-17)30-10-12-34-13-11-30)15-22(26(32)33)28-25(23)31(29-24)20-5-3-4-18(27)14-20/h3-9,14-16H,10-13H2,1-2H3,(H,32,33). The van der Waals surface area contributed by atoms with Crippen molar-refractivity contribution in [3.05, 3.63) is 70.5 Å². The molecule has 2 aromatic carbocycles. The molecular weight excluding hydrogens is 496 g/mol. The lowest BCUT2D eigenvalue weighted by Gasteiger charge is -2.29. The first-order chi connectivity index (χ1) is 16.4. The minimum absolute atomic E-state index is 0.00814. The van der Waals surface area contributed by atoms with Gasteiger partial charge in [0.05, 0.1) is 30.0 Å². The Bertz CT molecular complexity index is 1360. The molecule has 0 bridgehead atoms. The first-order valence-corrected chi connectivity index (χ1v) is 12.1. The van der Waals surface area contributed by atoms with Gasteiger partial charge in [-0.05, 0) is 53.4 Å². The fraction of sp³-hybridized carbons (Fsp3) is 0.269. The molecule has 0 unspecified atom stereocenters. The second-order valence-corrected chi connectivity index (χ2v) is 9.55. The van der Waals surface area contributed by atoms with Crippen LogP contribution in [0.25, 0.3) is 27.8 Å². The zero-order chi connectivity index (χ0) is 23.8. The van der Waals surface area contributed by atoms with Crippen LogP contribution < -0.4 is 4.90 Å². The zero-order valence-corrected chi connectivity index (χ0v) is 20.6. The van der Waals surface area contributed by atoms with Gasteiger partial charge in [-0.2, -0.15) is 5.10 Å². The van der Waals surface area contributed by atoms with Gasteiger partial charge < -0.3 is 14.7 Å². The van der Waals surface area contributed by atoms with Crippen LogP contribution in [0.3, 0.4) is 0 Å². The van der Waals surface area contributed by atoms with Gasteiger partial charge in [-0.1, -0.05) is 48.0 Å². The molecule has 5 rings (SSSR count). The second-order valence-electron chi connectivity index (χ2n) is 8.64. The van der Waals surface area contributed by atoms with Crippen molar-refractivity contribution < 1.29 is 14.6 Å². The number of hydrogen-bond donors (Lipinski definition) is 1. The Morgan fingerprint density at radius 3 is 2.44 bits per heavy atom. The predicted octanol–water partition coefficient (Wildman–Crippen LogP) is 5.51. The number of morpholine rings is 1. The maximum atomic E-state index is 12.0. The number of anilines is 1. The van der Waals surface area contributed by atoms with Gasteiger partial charge in [0, 0.05) is 23.2 Å². The molecule has 8 heteroatoms. The maximum absolute atomic E-state index is 12.0. The fourth-order valence-corrected chi connectivity index (χ4v) is 4.73. The molecule has 2 aromatic heterocycles. The minimum atomic E-state index is -1.07. The van der Waals surface area contributed by atoms with Gasteiger partial charge in [0.1, 0.15) is 0 Å². The number of fused-ring (bicyclic) bond motifs is 1. The number of ether oxygens (including phenoxy) is 1. The number of pyridine rings is 1. The van der Waals surface area contributed by atoms with Gasteiger partial charge in [0.15, 0.2) is 11.3 Å². The molecule has 0 radical (unpaired) electrons. The highest BCUT2D eigenvalue weighted by atomic mass is 79.9. The quantitative estimate of drug-likeness (QED) is 0.373. The summed E-state index contributed by atoms with van der Waals surface area (Å²) in [6.07, 6.45) is 0. The van der Waals surface area contributed by atoms with Crippen molar-refractivity contribution in [1.29, 1.82) is 0 Å². The van der Waals surface area contributed by atoms with Gasteiger partial charge in [-0.25, -0.2) is 14.5 Å². The van der Waals surface area contributed by atoms with Gasteiger partial charge in [0.2, 0.25) is 0 Å². The molecule has 0 saturated carbocycles. The van der Waals surface area contributed by atoms with E-state index in [0.717, 1.165) is 64.4 Å². The number of rotatable bonds is 5. The van der Waals surface area contributed by atoms with Crippen molar-refractivity contribution in [3.8, 4) is 16.8 Å². The van der Waals surface area contributed by atoms with Crippen LogP contribution in [0.15, 0.2) is 59.1 Å². The number of aromatic carboxylic acids is 1. The number of carboxylic acids is 1. The summed E-state index contributed by atoms with van der Waals surface area (Å²) in [6, 6.07) is 17.7. The van der Waals surface area contributed by atoms with Gasteiger partial charge in [-0.15, -0.1) is 0 Å². The largest absolute Gasteiger partial charge is 0.477 e. The highest BCUT2D eigenvalue weighted by Crippen LogP contribution is 2.36. The summed E-state index contributed by atoms with van der Waals surface area (Å²) in [5.41, 5.74) is 5.11. The maximum Gasteiger partial charge on any atom is 0.354 e. The molecule has 0 aliphatic carbocycles. The molecule has 0 spiro atoms. The third-order valence-electron chi connectivity index (χ3n) is 6.04. The Labute approximate surface area is 206 Å². The van der Waals surface area contributed by atoms with Crippen LogP contribution in [-0.4, -0.2) is 52.1 Å². The van der Waals surface area contributed by atoms with Crippen LogP contribution in [0, 0.1) is 0 Å². The third kappa shape index (κ3) is 4.19. The molecule has 174 valence electrons. The molecule has 1 N–H and O–H groups in total. The summed E-state index contributed by atoms with van der Waals surface area (Å²) in [5.74, 6) is -0.944. The second kappa shape index (κ2) is 9.19. The predicted molar refractivity (Wildman–Crippen MR) is 136 cm³/mol. The van der Waals surface area contributed by atoms with Crippen molar-refractivity contribution in [1.82, 2.24) is 14.8 Å². The number of halogens is 1. The van der Waals surface area contributed by atoms with E-state index in [1.165, 1.54) is 0 Å². The monoisotopic (exact) mass is 520 g/mol. The van der Waals surface area contributed by atoms with Crippen LogP contribution in [0.5, 0.6) is 0 Å². The van der Waals surface area contributed by atoms with Crippen LogP contribution in [0.2, 0.25) is 0 Å². The van der Waals surface area contributed by atoms with E-state index >= 15 is 0 Å². The lowest BCUT2D eigenvalue weighted by Crippen LogP contribution is -2.36. The summed E-state index contributed by atoms with van der Waals surface area (Å²) in [5, 5.41) is 15.6. The lowest BCUT2D eigenvalue weighted by atomic mass is 9.97. The SMILES string of the molecule is CC(C)c1nn(-c2cccc(Br)c2)c2nc(C(=O)O)cc(-c3ccc(N4CCOCC4)cc3)c12. The van der Waals surface area contributed by atoms with E-state index in [1.807, 2.05) is 36.4 Å². The van der Waals surface area contributed by atoms with E-state index in [1.54, 1.807) is 10.7 Å². The first kappa shape index (κ1) is 22.6. The summed E-state index contributed by atoms with van der Waals surface area (Å²) in [7, 11) is 0. The minimum Gasteiger partial charge on any atom is -0.477 e. The highest BCUT2D eigenvalue weighted by molar-refractivity contribution is 9.10. The first-order valence-electron chi connectivity index (χ1n) is 11.3. The van der Waals surface area contributed by atoms with Crippen molar-refractivity contribution >= 4 is 38.6 Å². The summed E-state index contributed by atoms with van der Waals surface area (Å²) in [4.78, 5) is 18.8. The summed E-state index contributed by atoms with van der Waals surface area (Å²) in [6.45, 7) is 7.34. The average Bonchev–Trinajstić information content (AvgIpc) is 3.24. The molecule has 1 fully saturated rings. The van der Waals surface area contributed by atoms with Crippen LogP contribution in [0.1, 0.15) is 35.9 Å².